The molecule has 0 saturated heterocycles. The molecular formula is C31H46O9. The predicted octanol–water partition coefficient (Wildman–Crippen LogP) is 4.28. The lowest BCUT2D eigenvalue weighted by molar-refractivity contribution is -0.218. The molecule has 0 amide bonds. The number of methoxy groups -OCH3 is 1. The number of ketones is 1. The van der Waals surface area contributed by atoms with E-state index in [1.807, 2.05) is 0 Å². The van der Waals surface area contributed by atoms with Crippen LogP contribution in [0.3, 0.4) is 0 Å². The highest BCUT2D eigenvalue weighted by Gasteiger charge is 2.67. The van der Waals surface area contributed by atoms with E-state index in [4.69, 9.17) is 18.9 Å². The third kappa shape index (κ3) is 5.18. The number of Topliss-reactive ketones (excluding diaryl/α,β-unsaturated/α-hetero) is 1. The summed E-state index contributed by atoms with van der Waals surface area (Å²) in [6.45, 7) is 9.98. The van der Waals surface area contributed by atoms with Crippen molar-refractivity contribution >= 4 is 31.2 Å². The minimum atomic E-state index is -0.783. The summed E-state index contributed by atoms with van der Waals surface area (Å²) in [5, 5.41) is 0. The molecule has 0 aliphatic heterocycles. The first kappa shape index (κ1) is 30.5. The molecule has 0 radical (unpaired) electrons. The maximum Gasteiger partial charge on any atom is 0.315 e. The van der Waals surface area contributed by atoms with Crippen molar-refractivity contribution in [3.8, 4) is 0 Å². The van der Waals surface area contributed by atoms with E-state index in [9.17, 15) is 24.0 Å². The lowest BCUT2D eigenvalue weighted by Gasteiger charge is -2.64. The minimum absolute atomic E-state index is 0.0396. The van der Waals surface area contributed by atoms with Crippen LogP contribution in [0.4, 0.5) is 0 Å². The second-order valence-corrected chi connectivity index (χ2v) is 13.4. The van der Waals surface area contributed by atoms with Gasteiger partial charge in [-0.2, -0.15) is 0 Å². The van der Waals surface area contributed by atoms with Gasteiger partial charge in [0.25, 0.3) is 19.4 Å². The Morgan fingerprint density at radius 3 is 2.25 bits per heavy atom. The lowest BCUT2D eigenvalue weighted by Crippen LogP contribution is -2.63. The van der Waals surface area contributed by atoms with Gasteiger partial charge >= 0.3 is 5.97 Å². The molecule has 0 heterocycles. The van der Waals surface area contributed by atoms with Crippen LogP contribution >= 0.6 is 0 Å². The highest BCUT2D eigenvalue weighted by atomic mass is 16.5. The lowest BCUT2D eigenvalue weighted by atomic mass is 9.43. The third-order valence-corrected chi connectivity index (χ3v) is 12.0. The Kier molecular flexibility index (Phi) is 9.30. The average molecular weight is 563 g/mol. The first-order valence-corrected chi connectivity index (χ1v) is 14.9. The van der Waals surface area contributed by atoms with Gasteiger partial charge in [-0.1, -0.05) is 20.8 Å². The van der Waals surface area contributed by atoms with Crippen molar-refractivity contribution in [2.45, 2.75) is 104 Å². The third-order valence-electron chi connectivity index (χ3n) is 12.0. The zero-order valence-corrected chi connectivity index (χ0v) is 24.5. The number of hydrogen-bond acceptors (Lipinski definition) is 9. The Morgan fingerprint density at radius 2 is 1.60 bits per heavy atom. The molecule has 0 N–H and O–H groups in total. The molecule has 4 fully saturated rings. The van der Waals surface area contributed by atoms with Crippen molar-refractivity contribution in [1.29, 1.82) is 0 Å². The molecular weight excluding hydrogens is 516 g/mol. The number of esters is 1. The zero-order valence-electron chi connectivity index (χ0n) is 24.5. The largest absolute Gasteiger partial charge is 0.468 e. The van der Waals surface area contributed by atoms with E-state index in [-0.39, 0.29) is 70.4 Å². The number of hydrogen-bond donors (Lipinski definition) is 0. The summed E-state index contributed by atoms with van der Waals surface area (Å²) < 4.78 is 21.9. The first-order valence-electron chi connectivity index (χ1n) is 14.9. The van der Waals surface area contributed by atoms with Crippen molar-refractivity contribution in [1.82, 2.24) is 0 Å². The van der Waals surface area contributed by atoms with Crippen LogP contribution in [-0.4, -0.2) is 56.6 Å². The van der Waals surface area contributed by atoms with Crippen LogP contribution in [0.5, 0.6) is 0 Å². The summed E-state index contributed by atoms with van der Waals surface area (Å²) in [5.74, 6) is -0.261. The smallest absolute Gasteiger partial charge is 0.315 e. The molecule has 40 heavy (non-hydrogen) atoms. The topological polar surface area (TPSA) is 122 Å². The predicted molar refractivity (Wildman–Crippen MR) is 143 cm³/mol. The molecule has 0 spiro atoms. The van der Waals surface area contributed by atoms with Gasteiger partial charge in [0.1, 0.15) is 30.0 Å². The molecule has 1 unspecified atom stereocenters. The Labute approximate surface area is 237 Å². The molecule has 9 nitrogen and oxygen atoms in total. The van der Waals surface area contributed by atoms with Gasteiger partial charge in [0, 0.05) is 17.8 Å². The molecule has 4 rings (SSSR count). The van der Waals surface area contributed by atoms with Crippen molar-refractivity contribution in [3.63, 3.8) is 0 Å². The van der Waals surface area contributed by atoms with Gasteiger partial charge in [0.2, 0.25) is 0 Å². The Balaban J connectivity index is 1.60. The van der Waals surface area contributed by atoms with Crippen LogP contribution in [0.2, 0.25) is 0 Å². The van der Waals surface area contributed by atoms with Gasteiger partial charge in [0.15, 0.2) is 0 Å². The van der Waals surface area contributed by atoms with Crippen molar-refractivity contribution < 1.29 is 42.9 Å². The highest BCUT2D eigenvalue weighted by molar-refractivity contribution is 5.98. The molecule has 224 valence electrons. The fourth-order valence-electron chi connectivity index (χ4n) is 9.84. The Morgan fingerprint density at radius 1 is 0.900 bits per heavy atom. The van der Waals surface area contributed by atoms with E-state index < -0.39 is 11.9 Å². The second-order valence-electron chi connectivity index (χ2n) is 13.4. The molecule has 9 heteroatoms. The molecule has 0 aromatic carbocycles. The number of carbonyl (C=O) groups excluding carboxylic acids is 5. The highest BCUT2D eigenvalue weighted by Crippen LogP contribution is 2.69. The summed E-state index contributed by atoms with van der Waals surface area (Å²) in [4.78, 5) is 59.1. The second kappa shape index (κ2) is 12.2. The van der Waals surface area contributed by atoms with Crippen molar-refractivity contribution in [2.24, 2.45) is 52.3 Å². The molecule has 4 aliphatic rings. The maximum atomic E-state index is 12.7. The summed E-state index contributed by atoms with van der Waals surface area (Å²) in [5.41, 5.74) is -0.369. The summed E-state index contributed by atoms with van der Waals surface area (Å²) in [6, 6.07) is 0. The van der Waals surface area contributed by atoms with Gasteiger partial charge in [-0.05, 0) is 93.3 Å². The summed E-state index contributed by atoms with van der Waals surface area (Å²) in [7, 11) is 1.29. The first-order chi connectivity index (χ1) is 19.1. The van der Waals surface area contributed by atoms with Crippen LogP contribution in [0.15, 0.2) is 0 Å². The molecule has 4 aliphatic carbocycles. The normalized spacial score (nSPS) is 41.6. The van der Waals surface area contributed by atoms with Crippen LogP contribution in [0, 0.1) is 52.3 Å². The van der Waals surface area contributed by atoms with Crippen molar-refractivity contribution in [3.05, 3.63) is 0 Å². The zero-order chi connectivity index (χ0) is 29.2. The molecule has 12 atom stereocenters. The van der Waals surface area contributed by atoms with E-state index in [1.165, 1.54) is 7.11 Å². The van der Waals surface area contributed by atoms with Gasteiger partial charge in [0.05, 0.1) is 7.11 Å². The van der Waals surface area contributed by atoms with Crippen LogP contribution in [0.25, 0.3) is 0 Å². The van der Waals surface area contributed by atoms with E-state index >= 15 is 0 Å². The Bertz CT molecular complexity index is 966. The maximum absolute atomic E-state index is 12.7. The van der Waals surface area contributed by atoms with E-state index in [1.54, 1.807) is 6.92 Å². The fraction of sp³-hybridized carbons (Fsp3) is 0.839. The molecule has 0 aromatic rings. The number of ether oxygens (including phenoxy) is 4. The fourth-order valence-corrected chi connectivity index (χ4v) is 9.84. The quantitative estimate of drug-likeness (QED) is 0.148. The SMILES string of the molecule is COC(=O)C(C)C(=O)CC[C@@H](C)[C@H]1CC[C@H]2[C@@H]3[C@H](OC=O)C[C@@H]4C[C@H](OC=O)CC[C@]4(C)[C@H]3C[C@H](OC=O)[C@]12C. The minimum Gasteiger partial charge on any atom is -0.468 e. The number of rotatable bonds is 12. The number of fused-ring (bicyclic) bond motifs is 5. The van der Waals surface area contributed by atoms with Crippen LogP contribution < -0.4 is 0 Å². The van der Waals surface area contributed by atoms with E-state index in [0.717, 1.165) is 38.5 Å². The average Bonchev–Trinajstić information content (AvgIpc) is 3.30. The van der Waals surface area contributed by atoms with Gasteiger partial charge in [-0.3, -0.25) is 24.0 Å². The van der Waals surface area contributed by atoms with Crippen LogP contribution in [-0.2, 0) is 42.9 Å². The Hall–Kier alpha value is -2.45. The van der Waals surface area contributed by atoms with E-state index in [2.05, 4.69) is 20.8 Å². The van der Waals surface area contributed by atoms with Gasteiger partial charge in [-0.25, -0.2) is 0 Å². The van der Waals surface area contributed by atoms with Gasteiger partial charge in [-0.15, -0.1) is 0 Å². The number of carbonyl (C=O) groups is 5. The molecule has 0 bridgehead atoms. The van der Waals surface area contributed by atoms with Crippen LogP contribution in [0.1, 0.15) is 85.5 Å². The van der Waals surface area contributed by atoms with E-state index in [0.29, 0.717) is 38.7 Å². The van der Waals surface area contributed by atoms with Crippen molar-refractivity contribution in [2.75, 3.05) is 7.11 Å². The standard InChI is InChI=1S/C31H46O9/c1-18(6-9-25(35)19(2)29(36)37-5)22-7-8-23-28-24(14-27(40-17-34)31(22,23)4)30(3)11-10-21(38-15-32)12-20(30)13-26(28)39-16-33/h15-24,26-28H,6-14H2,1-5H3/t18-,19?,20+,21-,22-,23+,24+,26-,27+,28+,30+,31-/m1/s1. The summed E-state index contributed by atoms with van der Waals surface area (Å²) in [6.07, 6.45) is 6.04. The summed E-state index contributed by atoms with van der Waals surface area (Å²) >= 11 is 0. The molecule has 4 saturated carbocycles. The molecule has 0 aromatic heterocycles. The monoisotopic (exact) mass is 562 g/mol. The van der Waals surface area contributed by atoms with Gasteiger partial charge < -0.3 is 18.9 Å².